The molecule has 0 atom stereocenters. The van der Waals surface area contributed by atoms with Gasteiger partial charge in [0.05, 0.1) is 0 Å². The van der Waals surface area contributed by atoms with Crippen LogP contribution in [0.25, 0.3) is 5.57 Å². The summed E-state index contributed by atoms with van der Waals surface area (Å²) in [6.07, 6.45) is -0.500. The fourth-order valence-corrected chi connectivity index (χ4v) is 2.29. The molecule has 0 heterocycles. The molecule has 0 unspecified atom stereocenters. The highest BCUT2D eigenvalue weighted by Crippen LogP contribution is 2.40. The number of rotatable bonds is 5. The van der Waals surface area contributed by atoms with E-state index in [1.807, 2.05) is 0 Å². The summed E-state index contributed by atoms with van der Waals surface area (Å²) in [5.41, 5.74) is -1.02. The van der Waals surface area contributed by atoms with Gasteiger partial charge in [-0.25, -0.2) is 18.4 Å². The monoisotopic (exact) mass is 396 g/mol. The van der Waals surface area contributed by atoms with E-state index in [-0.39, 0.29) is 24.0 Å². The summed E-state index contributed by atoms with van der Waals surface area (Å²) in [6, 6.07) is 1.89. The van der Waals surface area contributed by atoms with Crippen molar-refractivity contribution in [2.45, 2.75) is 26.7 Å². The SMILES string of the molecule is C=C(C)C(=O)OC1=C(F)C(F)=C(c2ccc(OC(=O)C(=C)C)c(F)c2F)CC1. The molecule has 2 rings (SSSR count). The van der Waals surface area contributed by atoms with Crippen molar-refractivity contribution in [2.75, 3.05) is 0 Å². The average molecular weight is 396 g/mol. The van der Waals surface area contributed by atoms with Gasteiger partial charge in [-0.1, -0.05) is 13.2 Å². The Kier molecular flexibility index (Phi) is 6.23. The molecule has 0 spiro atoms. The third-order valence-electron chi connectivity index (χ3n) is 3.79. The van der Waals surface area contributed by atoms with Crippen LogP contribution in [0.1, 0.15) is 32.3 Å². The van der Waals surface area contributed by atoms with Crippen LogP contribution in [0, 0.1) is 11.6 Å². The first kappa shape index (κ1) is 21.1. The molecule has 0 amide bonds. The Balaban J connectivity index is 2.41. The Hall–Kier alpha value is -3.16. The van der Waals surface area contributed by atoms with Crippen molar-refractivity contribution in [1.29, 1.82) is 0 Å². The molecule has 0 saturated carbocycles. The highest BCUT2D eigenvalue weighted by Gasteiger charge is 2.29. The molecular weight excluding hydrogens is 380 g/mol. The summed E-state index contributed by atoms with van der Waals surface area (Å²) in [5.74, 6) is -9.15. The number of esters is 2. The molecule has 28 heavy (non-hydrogen) atoms. The molecule has 148 valence electrons. The zero-order chi connectivity index (χ0) is 21.2. The van der Waals surface area contributed by atoms with Crippen LogP contribution in [-0.2, 0) is 14.3 Å². The lowest BCUT2D eigenvalue weighted by molar-refractivity contribution is -0.135. The molecule has 4 nitrogen and oxygen atoms in total. The number of ether oxygens (including phenoxy) is 2. The molecule has 0 aliphatic heterocycles. The van der Waals surface area contributed by atoms with Crippen LogP contribution in [0.5, 0.6) is 5.75 Å². The van der Waals surface area contributed by atoms with Gasteiger partial charge in [-0.15, -0.1) is 0 Å². The second-order valence-corrected chi connectivity index (χ2v) is 6.11. The Morgan fingerprint density at radius 1 is 0.857 bits per heavy atom. The van der Waals surface area contributed by atoms with E-state index >= 15 is 0 Å². The maximum absolute atomic E-state index is 14.4. The maximum Gasteiger partial charge on any atom is 0.338 e. The molecule has 0 saturated heterocycles. The lowest BCUT2D eigenvalue weighted by Crippen LogP contribution is -2.12. The van der Waals surface area contributed by atoms with Gasteiger partial charge in [0.2, 0.25) is 5.82 Å². The number of hydrogen-bond donors (Lipinski definition) is 0. The van der Waals surface area contributed by atoms with Gasteiger partial charge in [-0.3, -0.25) is 0 Å². The minimum Gasteiger partial charge on any atom is -0.424 e. The molecule has 1 aromatic rings. The highest BCUT2D eigenvalue weighted by atomic mass is 19.2. The third-order valence-corrected chi connectivity index (χ3v) is 3.79. The molecule has 0 aromatic heterocycles. The number of halogens is 4. The van der Waals surface area contributed by atoms with Crippen molar-refractivity contribution in [2.24, 2.45) is 0 Å². The highest BCUT2D eigenvalue weighted by molar-refractivity contribution is 5.89. The van der Waals surface area contributed by atoms with E-state index in [1.165, 1.54) is 13.8 Å². The topological polar surface area (TPSA) is 52.6 Å². The number of allylic oxidation sites excluding steroid dienone is 4. The number of benzene rings is 1. The first-order valence-electron chi connectivity index (χ1n) is 8.06. The van der Waals surface area contributed by atoms with Crippen molar-refractivity contribution >= 4 is 17.5 Å². The third kappa shape index (κ3) is 4.21. The van der Waals surface area contributed by atoms with Crippen LogP contribution >= 0.6 is 0 Å². The first-order chi connectivity index (χ1) is 13.0. The number of hydrogen-bond acceptors (Lipinski definition) is 4. The second-order valence-electron chi connectivity index (χ2n) is 6.11. The van der Waals surface area contributed by atoms with Crippen LogP contribution in [0.4, 0.5) is 17.6 Å². The second kappa shape index (κ2) is 8.24. The molecule has 0 radical (unpaired) electrons. The normalized spacial score (nSPS) is 14.1. The van der Waals surface area contributed by atoms with Crippen LogP contribution in [0.2, 0.25) is 0 Å². The van der Waals surface area contributed by atoms with Gasteiger partial charge >= 0.3 is 11.9 Å². The zero-order valence-electron chi connectivity index (χ0n) is 15.1. The maximum atomic E-state index is 14.4. The standard InChI is InChI=1S/C20H16F4O4/c1-9(2)19(25)27-13-7-5-11(15(21)17(13)23)12-6-8-14(18(24)16(12)22)28-20(26)10(3)4/h5,7H,1,3,6,8H2,2,4H3. The van der Waals surface area contributed by atoms with Gasteiger partial charge in [-0.2, -0.15) is 8.78 Å². The van der Waals surface area contributed by atoms with Crippen molar-refractivity contribution in [3.8, 4) is 5.75 Å². The number of carbonyl (C=O) groups excluding carboxylic acids is 2. The van der Waals surface area contributed by atoms with E-state index < -0.39 is 57.9 Å². The predicted molar refractivity (Wildman–Crippen MR) is 93.1 cm³/mol. The average Bonchev–Trinajstić information content (AvgIpc) is 2.63. The minimum absolute atomic E-state index is 0.0107. The van der Waals surface area contributed by atoms with Gasteiger partial charge in [0.25, 0.3) is 0 Å². The Morgan fingerprint density at radius 2 is 1.43 bits per heavy atom. The van der Waals surface area contributed by atoms with Crippen molar-refractivity contribution in [1.82, 2.24) is 0 Å². The molecule has 0 N–H and O–H groups in total. The van der Waals surface area contributed by atoms with Crippen LogP contribution in [-0.4, -0.2) is 11.9 Å². The van der Waals surface area contributed by atoms with Crippen molar-refractivity contribution in [3.63, 3.8) is 0 Å². The molecule has 1 aliphatic carbocycles. The summed E-state index contributed by atoms with van der Waals surface area (Å²) in [4.78, 5) is 22.9. The Bertz CT molecular complexity index is 957. The lowest BCUT2D eigenvalue weighted by Gasteiger charge is -2.19. The molecule has 1 aromatic carbocycles. The van der Waals surface area contributed by atoms with E-state index in [1.54, 1.807) is 0 Å². The quantitative estimate of drug-likeness (QED) is 0.296. The van der Waals surface area contributed by atoms with E-state index in [0.29, 0.717) is 0 Å². The molecule has 8 heteroatoms. The molecular formula is C20H16F4O4. The van der Waals surface area contributed by atoms with Gasteiger partial charge < -0.3 is 9.47 Å². The van der Waals surface area contributed by atoms with Gasteiger partial charge in [0.15, 0.2) is 23.2 Å². The summed E-state index contributed by atoms with van der Waals surface area (Å²) in [7, 11) is 0. The van der Waals surface area contributed by atoms with E-state index in [9.17, 15) is 27.2 Å². The lowest BCUT2D eigenvalue weighted by atomic mass is 9.94. The summed E-state index contributed by atoms with van der Waals surface area (Å²) in [5, 5.41) is 0. The fourth-order valence-electron chi connectivity index (χ4n) is 2.29. The van der Waals surface area contributed by atoms with E-state index in [2.05, 4.69) is 17.9 Å². The van der Waals surface area contributed by atoms with E-state index in [4.69, 9.17) is 4.74 Å². The largest absolute Gasteiger partial charge is 0.424 e. The first-order valence-corrected chi connectivity index (χ1v) is 8.06. The summed E-state index contributed by atoms with van der Waals surface area (Å²) < 4.78 is 66.6. The summed E-state index contributed by atoms with van der Waals surface area (Å²) in [6.45, 7) is 9.30. The van der Waals surface area contributed by atoms with E-state index in [0.717, 1.165) is 12.1 Å². The molecule has 0 bridgehead atoms. The van der Waals surface area contributed by atoms with Crippen LogP contribution < -0.4 is 4.74 Å². The van der Waals surface area contributed by atoms with Crippen LogP contribution in [0.15, 0.2) is 53.8 Å². The zero-order valence-corrected chi connectivity index (χ0v) is 15.1. The smallest absolute Gasteiger partial charge is 0.338 e. The van der Waals surface area contributed by atoms with Crippen molar-refractivity contribution < 1.29 is 36.6 Å². The summed E-state index contributed by atoms with van der Waals surface area (Å²) >= 11 is 0. The molecule has 1 aliphatic rings. The minimum atomic E-state index is -1.53. The Morgan fingerprint density at radius 3 is 2.00 bits per heavy atom. The van der Waals surface area contributed by atoms with Crippen LogP contribution in [0.3, 0.4) is 0 Å². The molecule has 0 fully saturated rings. The predicted octanol–water partition coefficient (Wildman–Crippen LogP) is 5.22. The van der Waals surface area contributed by atoms with Gasteiger partial charge in [-0.05, 0) is 32.4 Å². The van der Waals surface area contributed by atoms with Gasteiger partial charge in [0.1, 0.15) is 5.76 Å². The Labute approximate surface area is 158 Å². The fraction of sp³-hybridized carbons (Fsp3) is 0.200. The number of carbonyl (C=O) groups is 2. The van der Waals surface area contributed by atoms with Gasteiger partial charge in [0, 0.05) is 28.7 Å². The van der Waals surface area contributed by atoms with Crippen molar-refractivity contribution in [3.05, 3.63) is 71.0 Å².